The third kappa shape index (κ3) is 10.5. The molecule has 18 heteroatoms. The van der Waals surface area contributed by atoms with Crippen LogP contribution in [0.1, 0.15) is 90.0 Å². The first-order valence-electron chi connectivity index (χ1n) is 22.5. The number of nitrogens with zero attached hydrogens (tertiary/aromatic N) is 3. The van der Waals surface area contributed by atoms with Gasteiger partial charge in [0.05, 0.1) is 29.8 Å². The number of fused-ring (bicyclic) bond motifs is 3. The van der Waals surface area contributed by atoms with Gasteiger partial charge in [-0.3, -0.25) is 14.4 Å². The van der Waals surface area contributed by atoms with Crippen molar-refractivity contribution in [2.75, 3.05) is 19.0 Å². The monoisotopic (exact) mass is 927 g/mol. The topological polar surface area (TPSA) is 207 Å². The maximum atomic E-state index is 14.9. The van der Waals surface area contributed by atoms with E-state index in [-0.39, 0.29) is 36.4 Å². The fourth-order valence-corrected chi connectivity index (χ4v) is 10.8. The van der Waals surface area contributed by atoms with E-state index < -0.39 is 63.5 Å². The molecule has 5 atom stereocenters. The van der Waals surface area contributed by atoms with Crippen LogP contribution in [-0.2, 0) is 29.1 Å². The number of benzene rings is 2. The molecule has 0 bridgehead atoms. The van der Waals surface area contributed by atoms with E-state index in [2.05, 4.69) is 20.7 Å². The highest BCUT2D eigenvalue weighted by atomic mass is 32.2. The van der Waals surface area contributed by atoms with Crippen LogP contribution in [0.4, 0.5) is 9.93 Å². The SMILES string of the molecule is COc1ccc2c(O[C@@H]3C[C@H]4C(=O)N[C@]5(C(=O)NS(=O)(=O)c6ccc(C)cc6)C[C@H]5/C=C\CCCCC[C@H](NC(=O)OC5CCCC5)C(=O)N4C3)cc(-c3csc(NC(C)C)n3)nc2c1. The van der Waals surface area contributed by atoms with Crippen molar-refractivity contribution in [3.63, 3.8) is 0 Å². The number of carbonyl (C=O) groups is 4. The second-order valence-corrected chi connectivity index (χ2v) is 20.3. The fraction of sp³-hybridized carbons (Fsp3) is 0.489. The summed E-state index contributed by atoms with van der Waals surface area (Å²) in [6.07, 6.45) is 8.88. The van der Waals surface area contributed by atoms with Crippen LogP contribution in [0.5, 0.6) is 11.5 Å². The number of carbonyl (C=O) groups excluding carboxylic acids is 4. The molecule has 3 fully saturated rings. The van der Waals surface area contributed by atoms with Gasteiger partial charge in [0.1, 0.15) is 47.0 Å². The molecule has 0 radical (unpaired) electrons. The third-order valence-corrected chi connectivity index (χ3v) is 14.6. The molecule has 16 nitrogen and oxygen atoms in total. The highest BCUT2D eigenvalue weighted by Gasteiger charge is 2.61. The van der Waals surface area contributed by atoms with Crippen LogP contribution in [0.3, 0.4) is 0 Å². The van der Waals surface area contributed by atoms with Gasteiger partial charge in [0.2, 0.25) is 11.8 Å². The first-order valence-corrected chi connectivity index (χ1v) is 24.9. The first kappa shape index (κ1) is 45.8. The number of rotatable bonds is 11. The molecule has 346 valence electrons. The molecule has 2 aromatic heterocycles. The normalized spacial score (nSPS) is 24.5. The van der Waals surface area contributed by atoms with Gasteiger partial charge in [-0.1, -0.05) is 42.7 Å². The quantitative estimate of drug-likeness (QED) is 0.115. The Morgan fingerprint density at radius 3 is 2.48 bits per heavy atom. The lowest BCUT2D eigenvalue weighted by atomic mass is 10.0. The van der Waals surface area contributed by atoms with Crippen LogP contribution in [0, 0.1) is 12.8 Å². The zero-order valence-electron chi connectivity index (χ0n) is 37.1. The molecule has 2 aromatic carbocycles. The average Bonchev–Trinajstić information content (AvgIpc) is 3.70. The van der Waals surface area contributed by atoms with E-state index in [1.165, 1.54) is 28.4 Å². The summed E-state index contributed by atoms with van der Waals surface area (Å²) in [5.41, 5.74) is 0.995. The minimum absolute atomic E-state index is 0.0190. The third-order valence-electron chi connectivity index (χ3n) is 12.5. The van der Waals surface area contributed by atoms with Crippen LogP contribution < -0.4 is 30.1 Å². The molecule has 2 aliphatic heterocycles. The van der Waals surface area contributed by atoms with E-state index in [9.17, 15) is 27.6 Å². The number of nitrogens with one attached hydrogen (secondary N) is 4. The second-order valence-electron chi connectivity index (χ2n) is 17.8. The molecule has 4 amide bonds. The summed E-state index contributed by atoms with van der Waals surface area (Å²) in [4.78, 5) is 68.2. The van der Waals surface area contributed by atoms with E-state index in [1.54, 1.807) is 37.4 Å². The van der Waals surface area contributed by atoms with E-state index >= 15 is 0 Å². The van der Waals surface area contributed by atoms with Crippen molar-refractivity contribution in [2.24, 2.45) is 5.92 Å². The number of alkyl carbamates (subject to hydrolysis) is 1. The lowest BCUT2D eigenvalue weighted by Crippen LogP contribution is -2.58. The van der Waals surface area contributed by atoms with Crippen molar-refractivity contribution in [3.8, 4) is 22.9 Å². The van der Waals surface area contributed by atoms with Crippen molar-refractivity contribution in [3.05, 3.63) is 71.6 Å². The molecule has 2 saturated carbocycles. The fourth-order valence-electron chi connectivity index (χ4n) is 8.90. The Kier molecular flexibility index (Phi) is 13.7. The number of hydrogen-bond acceptors (Lipinski definition) is 13. The molecular formula is C47H57N7O9S2. The van der Waals surface area contributed by atoms with E-state index in [4.69, 9.17) is 24.2 Å². The highest BCUT2D eigenvalue weighted by Crippen LogP contribution is 2.46. The summed E-state index contributed by atoms with van der Waals surface area (Å²) >= 11 is 1.45. The van der Waals surface area contributed by atoms with Crippen molar-refractivity contribution in [2.45, 2.75) is 132 Å². The summed E-state index contributed by atoms with van der Waals surface area (Å²) in [7, 11) is -2.73. The number of hydrogen-bond donors (Lipinski definition) is 4. The highest BCUT2D eigenvalue weighted by molar-refractivity contribution is 7.90. The average molecular weight is 928 g/mol. The molecule has 4 heterocycles. The number of aromatic nitrogens is 2. The molecule has 1 saturated heterocycles. The molecule has 0 spiro atoms. The van der Waals surface area contributed by atoms with Gasteiger partial charge in [-0.2, -0.15) is 0 Å². The van der Waals surface area contributed by atoms with Gasteiger partial charge in [0, 0.05) is 41.3 Å². The van der Waals surface area contributed by atoms with Crippen LogP contribution in [-0.4, -0.2) is 96.6 Å². The molecule has 0 unspecified atom stereocenters. The van der Waals surface area contributed by atoms with Crippen molar-refractivity contribution in [1.29, 1.82) is 0 Å². The number of ether oxygens (including phenoxy) is 3. The van der Waals surface area contributed by atoms with Crippen LogP contribution in [0.25, 0.3) is 22.3 Å². The molecule has 2 aliphatic carbocycles. The zero-order chi connectivity index (χ0) is 45.9. The van der Waals surface area contributed by atoms with Crippen LogP contribution in [0.2, 0.25) is 0 Å². The van der Waals surface area contributed by atoms with Gasteiger partial charge < -0.3 is 35.1 Å². The Morgan fingerprint density at radius 2 is 1.72 bits per heavy atom. The predicted molar refractivity (Wildman–Crippen MR) is 246 cm³/mol. The van der Waals surface area contributed by atoms with Crippen molar-refractivity contribution >= 4 is 61.2 Å². The van der Waals surface area contributed by atoms with Gasteiger partial charge in [-0.25, -0.2) is 27.9 Å². The summed E-state index contributed by atoms with van der Waals surface area (Å²) in [5, 5.41) is 12.4. The van der Waals surface area contributed by atoms with E-state index in [0.29, 0.717) is 53.1 Å². The summed E-state index contributed by atoms with van der Waals surface area (Å²) < 4.78 is 47.3. The first-order chi connectivity index (χ1) is 31.2. The smallest absolute Gasteiger partial charge is 0.408 e. The Hall–Kier alpha value is -5.75. The Balaban J connectivity index is 1.12. The van der Waals surface area contributed by atoms with Gasteiger partial charge in [0.15, 0.2) is 5.13 Å². The van der Waals surface area contributed by atoms with Gasteiger partial charge in [-0.15, -0.1) is 11.3 Å². The Bertz CT molecular complexity index is 2560. The number of allylic oxidation sites excluding steroid dienone is 1. The lowest BCUT2D eigenvalue weighted by molar-refractivity contribution is -0.141. The number of thiazole rings is 1. The summed E-state index contributed by atoms with van der Waals surface area (Å²) in [6.45, 7) is 5.85. The number of pyridine rings is 1. The standard InChI is InChI=1S/C47H57N7O9S2/c1-28(2)48-45-50-39(27-64-45)38-24-41(35-21-18-32(61-4)22-37(35)49-38)62-33-23-40-42(55)52-47(44(57)53-65(59,60)34-19-16-29(3)17-20-34)25-30(47)12-8-6-5-7-9-15-36(43(56)54(40)26-33)51-46(58)63-31-13-10-11-14-31/h8,12,16-22,24,27-28,30-31,33,36,40H,5-7,9-11,13-15,23,25-26H2,1-4H3,(H,48,50)(H,51,58)(H,52,55)(H,53,57)/b12-8-/t30-,33-,36+,40+,47-/m1/s1. The van der Waals surface area contributed by atoms with Gasteiger partial charge >= 0.3 is 6.09 Å². The minimum Gasteiger partial charge on any atom is -0.497 e. The minimum atomic E-state index is -4.30. The lowest BCUT2D eigenvalue weighted by Gasteiger charge is -2.30. The largest absolute Gasteiger partial charge is 0.497 e. The Labute approximate surface area is 383 Å². The number of methoxy groups -OCH3 is 1. The molecule has 4 N–H and O–H groups in total. The van der Waals surface area contributed by atoms with Crippen molar-refractivity contribution in [1.82, 2.24) is 30.2 Å². The molecular weight excluding hydrogens is 871 g/mol. The molecule has 4 aliphatic rings. The number of sulfonamides is 1. The van der Waals surface area contributed by atoms with Crippen LogP contribution in [0.15, 0.2) is 71.0 Å². The maximum absolute atomic E-state index is 14.9. The van der Waals surface area contributed by atoms with Gasteiger partial charge in [0.25, 0.3) is 15.9 Å². The Morgan fingerprint density at radius 1 is 0.954 bits per heavy atom. The number of anilines is 1. The van der Waals surface area contributed by atoms with Crippen molar-refractivity contribution < 1.29 is 41.8 Å². The molecule has 65 heavy (non-hydrogen) atoms. The summed E-state index contributed by atoms with van der Waals surface area (Å²) in [6, 6.07) is 11.3. The number of amides is 4. The van der Waals surface area contributed by atoms with Gasteiger partial charge in [-0.05, 0) is 96.4 Å². The second kappa shape index (κ2) is 19.4. The predicted octanol–water partition coefficient (Wildman–Crippen LogP) is 6.78. The maximum Gasteiger partial charge on any atom is 0.408 e. The van der Waals surface area contributed by atoms with E-state index in [1.807, 2.05) is 44.4 Å². The number of aryl methyl sites for hydroxylation is 1. The summed E-state index contributed by atoms with van der Waals surface area (Å²) in [5.74, 6) is -1.48. The van der Waals surface area contributed by atoms with E-state index in [0.717, 1.165) is 49.2 Å². The molecule has 8 rings (SSSR count). The molecule has 4 aromatic rings. The zero-order valence-corrected chi connectivity index (χ0v) is 38.8. The van der Waals surface area contributed by atoms with Crippen LogP contribution >= 0.6 is 11.3 Å².